The maximum absolute atomic E-state index is 10.5. The van der Waals surface area contributed by atoms with Gasteiger partial charge in [0.05, 0.1) is 4.92 Å². The zero-order chi connectivity index (χ0) is 10.6. The fourth-order valence-corrected chi connectivity index (χ4v) is 1.12. The number of halogens is 1. The van der Waals surface area contributed by atoms with Crippen molar-refractivity contribution < 1.29 is 4.92 Å². The molecular formula is C8H8ClN3O2. The van der Waals surface area contributed by atoms with Crippen LogP contribution in [0.2, 0.25) is 5.02 Å². The molecule has 74 valence electrons. The number of hydrogen-bond acceptors (Lipinski definition) is 4. The maximum atomic E-state index is 10.5. The molecule has 0 saturated heterocycles. The highest BCUT2D eigenvalue weighted by molar-refractivity contribution is 6.34. The summed E-state index contributed by atoms with van der Waals surface area (Å²) < 4.78 is 0. The van der Waals surface area contributed by atoms with Crippen LogP contribution in [0.3, 0.4) is 0 Å². The monoisotopic (exact) mass is 213 g/mol. The van der Waals surface area contributed by atoms with E-state index < -0.39 is 4.92 Å². The lowest BCUT2D eigenvalue weighted by molar-refractivity contribution is -0.385. The van der Waals surface area contributed by atoms with E-state index in [4.69, 9.17) is 17.3 Å². The van der Waals surface area contributed by atoms with Gasteiger partial charge in [-0.1, -0.05) is 23.8 Å². The van der Waals surface area contributed by atoms with Gasteiger partial charge >= 0.3 is 5.69 Å². The SMILES string of the molecule is NCC=Cc1cncc([N+](=O)[O-])c1Cl. The van der Waals surface area contributed by atoms with Crippen LogP contribution in [0.4, 0.5) is 5.69 Å². The standard InChI is InChI=1S/C8H8ClN3O2/c9-8-6(2-1-3-10)4-11-5-7(8)12(13)14/h1-2,4-5H,3,10H2. The molecule has 5 nitrogen and oxygen atoms in total. The number of nitrogens with two attached hydrogens (primary N) is 1. The molecule has 0 bridgehead atoms. The van der Waals surface area contributed by atoms with E-state index in [0.717, 1.165) is 6.20 Å². The van der Waals surface area contributed by atoms with Crippen LogP contribution in [0.25, 0.3) is 6.08 Å². The number of nitro groups is 1. The molecule has 1 aromatic heterocycles. The van der Waals surface area contributed by atoms with Crippen LogP contribution in [-0.4, -0.2) is 16.5 Å². The van der Waals surface area contributed by atoms with Crippen molar-refractivity contribution in [2.45, 2.75) is 0 Å². The number of pyridine rings is 1. The van der Waals surface area contributed by atoms with Crippen LogP contribution in [0.15, 0.2) is 18.5 Å². The van der Waals surface area contributed by atoms with Gasteiger partial charge in [0.25, 0.3) is 0 Å². The summed E-state index contributed by atoms with van der Waals surface area (Å²) >= 11 is 5.77. The Labute approximate surface area is 85.4 Å². The second-order valence-electron chi connectivity index (χ2n) is 2.46. The first-order valence-corrected chi connectivity index (χ1v) is 4.19. The summed E-state index contributed by atoms with van der Waals surface area (Å²) in [6.45, 7) is 0.346. The highest BCUT2D eigenvalue weighted by Crippen LogP contribution is 2.27. The third kappa shape index (κ3) is 2.27. The molecule has 1 aromatic rings. The molecule has 1 rings (SSSR count). The fraction of sp³-hybridized carbons (Fsp3) is 0.125. The van der Waals surface area contributed by atoms with Crippen LogP contribution < -0.4 is 5.73 Å². The van der Waals surface area contributed by atoms with Crippen LogP contribution in [0.5, 0.6) is 0 Å². The molecule has 0 fully saturated rings. The minimum Gasteiger partial charge on any atom is -0.327 e. The second-order valence-corrected chi connectivity index (χ2v) is 2.83. The summed E-state index contributed by atoms with van der Waals surface area (Å²) in [5.74, 6) is 0. The van der Waals surface area contributed by atoms with Crippen LogP contribution >= 0.6 is 11.6 Å². The zero-order valence-electron chi connectivity index (χ0n) is 7.18. The average Bonchev–Trinajstić information content (AvgIpc) is 2.16. The van der Waals surface area contributed by atoms with E-state index in [-0.39, 0.29) is 10.7 Å². The van der Waals surface area contributed by atoms with Gasteiger partial charge in [-0.25, -0.2) is 0 Å². The smallest absolute Gasteiger partial charge is 0.306 e. The molecule has 0 spiro atoms. The Kier molecular flexibility index (Phi) is 3.55. The first-order chi connectivity index (χ1) is 6.66. The molecular weight excluding hydrogens is 206 g/mol. The highest BCUT2D eigenvalue weighted by Gasteiger charge is 2.14. The minimum absolute atomic E-state index is 0.0784. The summed E-state index contributed by atoms with van der Waals surface area (Å²) in [7, 11) is 0. The van der Waals surface area contributed by atoms with Crippen LogP contribution in [0.1, 0.15) is 5.56 Å². The summed E-state index contributed by atoms with van der Waals surface area (Å²) in [5, 5.41) is 10.6. The van der Waals surface area contributed by atoms with E-state index >= 15 is 0 Å². The Morgan fingerprint density at radius 2 is 2.36 bits per heavy atom. The summed E-state index contributed by atoms with van der Waals surface area (Å²) in [4.78, 5) is 13.6. The quantitative estimate of drug-likeness (QED) is 0.611. The van der Waals surface area contributed by atoms with Gasteiger partial charge in [0.15, 0.2) is 0 Å². The summed E-state index contributed by atoms with van der Waals surface area (Å²) in [6, 6.07) is 0. The Morgan fingerprint density at radius 3 is 2.93 bits per heavy atom. The van der Waals surface area contributed by atoms with Gasteiger partial charge in [-0.05, 0) is 0 Å². The predicted molar refractivity (Wildman–Crippen MR) is 54.0 cm³/mol. The molecule has 0 amide bonds. The molecule has 0 aromatic carbocycles. The Hall–Kier alpha value is -1.46. The van der Waals surface area contributed by atoms with Crippen LogP contribution in [0, 0.1) is 10.1 Å². The molecule has 0 saturated carbocycles. The van der Waals surface area contributed by atoms with Crippen molar-refractivity contribution in [3.05, 3.63) is 39.2 Å². The lowest BCUT2D eigenvalue weighted by atomic mass is 10.2. The van der Waals surface area contributed by atoms with Gasteiger partial charge in [0, 0.05) is 18.3 Å². The first-order valence-electron chi connectivity index (χ1n) is 3.81. The molecule has 0 aliphatic carbocycles. The highest BCUT2D eigenvalue weighted by atomic mass is 35.5. The lowest BCUT2D eigenvalue weighted by Crippen LogP contribution is -1.94. The number of aromatic nitrogens is 1. The van der Waals surface area contributed by atoms with E-state index in [0.29, 0.717) is 12.1 Å². The fourth-order valence-electron chi connectivity index (χ4n) is 0.888. The van der Waals surface area contributed by atoms with E-state index in [1.54, 1.807) is 12.2 Å². The van der Waals surface area contributed by atoms with Crippen molar-refractivity contribution in [3.63, 3.8) is 0 Å². The van der Waals surface area contributed by atoms with Gasteiger partial charge in [-0.3, -0.25) is 15.1 Å². The topological polar surface area (TPSA) is 82.0 Å². The Bertz CT molecular complexity index is 379. The van der Waals surface area contributed by atoms with E-state index in [9.17, 15) is 10.1 Å². The largest absolute Gasteiger partial charge is 0.327 e. The van der Waals surface area contributed by atoms with Crippen molar-refractivity contribution in [1.29, 1.82) is 0 Å². The number of nitrogens with zero attached hydrogens (tertiary/aromatic N) is 2. The van der Waals surface area contributed by atoms with Crippen molar-refractivity contribution in [1.82, 2.24) is 4.98 Å². The molecule has 0 unspecified atom stereocenters. The predicted octanol–water partition coefficient (Wildman–Crippen LogP) is 1.62. The Morgan fingerprint density at radius 1 is 1.64 bits per heavy atom. The normalized spacial score (nSPS) is 10.7. The molecule has 2 N–H and O–H groups in total. The van der Waals surface area contributed by atoms with Gasteiger partial charge in [0.1, 0.15) is 11.2 Å². The lowest BCUT2D eigenvalue weighted by Gasteiger charge is -1.97. The van der Waals surface area contributed by atoms with Gasteiger partial charge < -0.3 is 5.73 Å². The molecule has 0 atom stereocenters. The summed E-state index contributed by atoms with van der Waals surface area (Å²) in [6.07, 6.45) is 5.80. The van der Waals surface area contributed by atoms with Crippen molar-refractivity contribution in [2.75, 3.05) is 6.54 Å². The minimum atomic E-state index is -0.574. The number of hydrogen-bond donors (Lipinski definition) is 1. The number of rotatable bonds is 3. The second kappa shape index (κ2) is 4.69. The van der Waals surface area contributed by atoms with Gasteiger partial charge in [-0.15, -0.1) is 0 Å². The maximum Gasteiger partial charge on any atom is 0.306 e. The van der Waals surface area contributed by atoms with Gasteiger partial charge in [0.2, 0.25) is 0 Å². The van der Waals surface area contributed by atoms with Crippen molar-refractivity contribution in [2.24, 2.45) is 5.73 Å². The summed E-state index contributed by atoms with van der Waals surface area (Å²) in [5.41, 5.74) is 5.53. The van der Waals surface area contributed by atoms with E-state index in [2.05, 4.69) is 4.98 Å². The first kappa shape index (κ1) is 10.6. The van der Waals surface area contributed by atoms with E-state index in [1.807, 2.05) is 0 Å². The van der Waals surface area contributed by atoms with Crippen molar-refractivity contribution in [3.8, 4) is 0 Å². The Balaban J connectivity index is 3.14. The molecule has 0 radical (unpaired) electrons. The zero-order valence-corrected chi connectivity index (χ0v) is 7.94. The average molecular weight is 214 g/mol. The molecule has 0 aliphatic rings. The van der Waals surface area contributed by atoms with Crippen molar-refractivity contribution >= 4 is 23.4 Å². The molecule has 14 heavy (non-hydrogen) atoms. The van der Waals surface area contributed by atoms with Gasteiger partial charge in [-0.2, -0.15) is 0 Å². The molecule has 0 aliphatic heterocycles. The third-order valence-electron chi connectivity index (χ3n) is 1.52. The third-order valence-corrected chi connectivity index (χ3v) is 1.93. The van der Waals surface area contributed by atoms with Crippen LogP contribution in [-0.2, 0) is 0 Å². The molecule has 6 heteroatoms. The van der Waals surface area contributed by atoms with E-state index in [1.165, 1.54) is 6.20 Å². The molecule has 1 heterocycles.